The molecule has 0 bridgehead atoms. The molecule has 0 unspecified atom stereocenters. The first-order valence-electron chi connectivity index (χ1n) is 14.3. The van der Waals surface area contributed by atoms with E-state index in [2.05, 4.69) is 27.6 Å². The second kappa shape index (κ2) is 11.4. The number of nitrogens with zero attached hydrogens (tertiary/aromatic N) is 6. The zero-order chi connectivity index (χ0) is 26.0. The van der Waals surface area contributed by atoms with Crippen LogP contribution in [0.1, 0.15) is 63.3 Å². The molecule has 4 heterocycles. The largest absolute Gasteiger partial charge is 0.394 e. The number of nitrogens with one attached hydrogen (secondary N) is 2. The first-order chi connectivity index (χ1) is 18.6. The minimum absolute atomic E-state index is 0.0277. The standard InChI is InChI=1S/C27H40N8O2S/c1-2-22-31-23-24(29-19-3-5-21(6-4-19)34-11-9-27(7-8-27)10-12-34)32-26(33-25(23)38-22)30-20-17-28-35(18-20)13-15-37-16-14-36/h17-19,21,36H,2-16H2,1H3,(H2,29,30,32,33)/t19-,21-. The summed E-state index contributed by atoms with van der Waals surface area (Å²) in [5.74, 6) is 1.38. The summed E-state index contributed by atoms with van der Waals surface area (Å²) in [5.41, 5.74) is 2.45. The monoisotopic (exact) mass is 540 g/mol. The minimum Gasteiger partial charge on any atom is -0.394 e. The quantitative estimate of drug-likeness (QED) is 0.308. The molecule has 206 valence electrons. The van der Waals surface area contributed by atoms with Gasteiger partial charge in [-0.3, -0.25) is 4.68 Å². The first kappa shape index (κ1) is 25.9. The number of likely N-dealkylation sites (tertiary alicyclic amines) is 1. The van der Waals surface area contributed by atoms with Crippen LogP contribution in [0.25, 0.3) is 10.3 Å². The predicted molar refractivity (Wildman–Crippen MR) is 150 cm³/mol. The van der Waals surface area contributed by atoms with Gasteiger partial charge in [-0.1, -0.05) is 18.3 Å². The summed E-state index contributed by atoms with van der Waals surface area (Å²) in [6.45, 7) is 6.21. The van der Waals surface area contributed by atoms with E-state index in [1.165, 1.54) is 51.6 Å². The molecule has 3 aliphatic rings. The highest BCUT2D eigenvalue weighted by molar-refractivity contribution is 7.18. The second-order valence-electron chi connectivity index (χ2n) is 11.1. The number of ether oxygens (including phenoxy) is 1. The molecular formula is C27H40N8O2S. The number of thiazole rings is 1. The second-order valence-corrected chi connectivity index (χ2v) is 12.2. The van der Waals surface area contributed by atoms with Gasteiger partial charge >= 0.3 is 0 Å². The third-order valence-electron chi connectivity index (χ3n) is 8.56. The Bertz CT molecular complexity index is 1210. The van der Waals surface area contributed by atoms with Gasteiger partial charge in [-0.05, 0) is 76.3 Å². The summed E-state index contributed by atoms with van der Waals surface area (Å²) in [7, 11) is 0. The highest BCUT2D eigenvalue weighted by Gasteiger charge is 2.45. The lowest BCUT2D eigenvalue weighted by molar-refractivity contribution is 0.0854. The number of piperidine rings is 1. The van der Waals surface area contributed by atoms with Crippen molar-refractivity contribution >= 4 is 39.1 Å². The van der Waals surface area contributed by atoms with Crippen molar-refractivity contribution in [1.29, 1.82) is 0 Å². The zero-order valence-electron chi connectivity index (χ0n) is 22.4. The average molecular weight is 541 g/mol. The van der Waals surface area contributed by atoms with Crippen LogP contribution in [0.3, 0.4) is 0 Å². The van der Waals surface area contributed by atoms with Crippen molar-refractivity contribution in [3.63, 3.8) is 0 Å². The summed E-state index contributed by atoms with van der Waals surface area (Å²) in [6, 6.07) is 1.15. The van der Waals surface area contributed by atoms with Gasteiger partial charge in [0, 0.05) is 18.3 Å². The molecule has 6 rings (SSSR count). The Morgan fingerprint density at radius 1 is 1.08 bits per heavy atom. The van der Waals surface area contributed by atoms with Gasteiger partial charge in [-0.2, -0.15) is 15.1 Å². The van der Waals surface area contributed by atoms with Crippen LogP contribution in [0, 0.1) is 5.41 Å². The molecule has 0 atom stereocenters. The van der Waals surface area contributed by atoms with E-state index in [4.69, 9.17) is 24.8 Å². The molecule has 0 aromatic carbocycles. The third-order valence-corrected chi connectivity index (χ3v) is 9.66. The molecule has 3 aromatic rings. The molecule has 2 saturated carbocycles. The fourth-order valence-electron chi connectivity index (χ4n) is 6.00. The van der Waals surface area contributed by atoms with E-state index >= 15 is 0 Å². The van der Waals surface area contributed by atoms with Crippen LogP contribution in [-0.4, -0.2) is 79.7 Å². The lowest BCUT2D eigenvalue weighted by Crippen LogP contribution is -2.45. The number of hydrogen-bond acceptors (Lipinski definition) is 10. The summed E-state index contributed by atoms with van der Waals surface area (Å²) in [4.78, 5) is 18.2. The van der Waals surface area contributed by atoms with Crippen LogP contribution in [-0.2, 0) is 17.7 Å². The maximum absolute atomic E-state index is 8.85. The molecular weight excluding hydrogens is 500 g/mol. The smallest absolute Gasteiger partial charge is 0.230 e. The van der Waals surface area contributed by atoms with E-state index < -0.39 is 0 Å². The van der Waals surface area contributed by atoms with Crippen LogP contribution >= 0.6 is 11.3 Å². The Balaban J connectivity index is 1.10. The third kappa shape index (κ3) is 5.95. The Kier molecular flexibility index (Phi) is 7.78. The molecule has 0 amide bonds. The molecule has 1 saturated heterocycles. The molecule has 3 N–H and O–H groups in total. The predicted octanol–water partition coefficient (Wildman–Crippen LogP) is 4.20. The molecule has 1 spiro atoms. The van der Waals surface area contributed by atoms with Gasteiger partial charge in [-0.25, -0.2) is 4.98 Å². The number of aromatic nitrogens is 5. The summed E-state index contributed by atoms with van der Waals surface area (Å²) < 4.78 is 7.15. The van der Waals surface area contributed by atoms with Crippen molar-refractivity contribution in [2.45, 2.75) is 83.3 Å². The Hall–Kier alpha value is -2.34. The number of fused-ring (bicyclic) bond motifs is 1. The average Bonchev–Trinajstić information content (AvgIpc) is 3.32. The highest BCUT2D eigenvalue weighted by atomic mass is 32.1. The van der Waals surface area contributed by atoms with Crippen LogP contribution in [0.15, 0.2) is 12.4 Å². The van der Waals surface area contributed by atoms with Crippen molar-refractivity contribution in [3.8, 4) is 0 Å². The number of aliphatic hydroxyl groups is 1. The normalized spacial score (nSPS) is 23.2. The Morgan fingerprint density at radius 2 is 1.89 bits per heavy atom. The topological polar surface area (TPSA) is 113 Å². The maximum atomic E-state index is 8.85. The molecule has 2 aliphatic carbocycles. The molecule has 11 heteroatoms. The van der Waals surface area contributed by atoms with Crippen molar-refractivity contribution in [2.75, 3.05) is 43.5 Å². The summed E-state index contributed by atoms with van der Waals surface area (Å²) >= 11 is 1.64. The lowest BCUT2D eigenvalue weighted by atomic mass is 9.87. The van der Waals surface area contributed by atoms with Crippen LogP contribution in [0.4, 0.5) is 17.5 Å². The number of anilines is 3. The Morgan fingerprint density at radius 3 is 2.63 bits per heavy atom. The zero-order valence-corrected chi connectivity index (χ0v) is 23.2. The summed E-state index contributed by atoms with van der Waals surface area (Å²) in [5, 5.41) is 21.4. The van der Waals surface area contributed by atoms with E-state index in [0.29, 0.717) is 31.7 Å². The SMILES string of the molecule is CCc1nc2c(N[C@H]3CC[C@H](N4CCC5(CC4)CC5)CC3)nc(Nc3cnn(CCOCCO)c3)nc2s1. The van der Waals surface area contributed by atoms with Gasteiger partial charge in [0.2, 0.25) is 5.95 Å². The van der Waals surface area contributed by atoms with E-state index in [1.54, 1.807) is 17.5 Å². The molecule has 0 radical (unpaired) electrons. The van der Waals surface area contributed by atoms with Crippen LogP contribution in [0.2, 0.25) is 0 Å². The molecule has 10 nitrogen and oxygen atoms in total. The van der Waals surface area contributed by atoms with Crippen LogP contribution < -0.4 is 10.6 Å². The highest BCUT2D eigenvalue weighted by Crippen LogP contribution is 2.54. The maximum Gasteiger partial charge on any atom is 0.230 e. The van der Waals surface area contributed by atoms with Crippen LogP contribution in [0.5, 0.6) is 0 Å². The fourth-order valence-corrected chi connectivity index (χ4v) is 6.87. The van der Waals surface area contributed by atoms with Crippen molar-refractivity contribution in [2.24, 2.45) is 5.41 Å². The first-order valence-corrected chi connectivity index (χ1v) is 15.1. The van der Waals surface area contributed by atoms with Gasteiger partial charge in [-0.15, -0.1) is 0 Å². The summed E-state index contributed by atoms with van der Waals surface area (Å²) in [6.07, 6.45) is 15.2. The molecule has 3 fully saturated rings. The van der Waals surface area contributed by atoms with Crippen molar-refractivity contribution < 1.29 is 9.84 Å². The number of aliphatic hydroxyl groups excluding tert-OH is 1. The van der Waals surface area contributed by atoms with Gasteiger partial charge in [0.1, 0.15) is 5.52 Å². The fraction of sp³-hybridized carbons (Fsp3) is 0.704. The minimum atomic E-state index is 0.0277. The number of hydrogen-bond donors (Lipinski definition) is 3. The number of aryl methyl sites for hydroxylation is 1. The lowest BCUT2D eigenvalue weighted by Gasteiger charge is -2.41. The molecule has 1 aliphatic heterocycles. The Labute approximate surface area is 228 Å². The van der Waals surface area contributed by atoms with E-state index in [9.17, 15) is 0 Å². The van der Waals surface area contributed by atoms with E-state index in [-0.39, 0.29) is 6.61 Å². The number of rotatable bonds is 11. The van der Waals surface area contributed by atoms with Crippen molar-refractivity contribution in [1.82, 2.24) is 29.6 Å². The van der Waals surface area contributed by atoms with Crippen molar-refractivity contribution in [3.05, 3.63) is 17.4 Å². The van der Waals surface area contributed by atoms with Gasteiger partial charge < -0.3 is 25.4 Å². The van der Waals surface area contributed by atoms with E-state index in [0.717, 1.165) is 57.6 Å². The van der Waals surface area contributed by atoms with Gasteiger partial charge in [0.05, 0.1) is 43.3 Å². The molecule has 38 heavy (non-hydrogen) atoms. The van der Waals surface area contributed by atoms with E-state index in [1.807, 2.05) is 10.9 Å². The van der Waals surface area contributed by atoms with Gasteiger partial charge in [0.15, 0.2) is 10.6 Å². The molecule has 3 aromatic heterocycles. The van der Waals surface area contributed by atoms with Gasteiger partial charge in [0.25, 0.3) is 0 Å².